The standard InChI is InChI=1S/C30H30O3/c1-29(2)28(31)27-25(19-17-22-13-8-5-9-14-22)24-20-18-23(26(24)32-30(29,3)33-27)16-10-15-21-11-6-4-7-12-21/h4-17,19,26-27H,18,20H2,1-3H3/b15-10+,19-17+,23-16-/t26-,27+,30-/m0/s1. The maximum absolute atomic E-state index is 13.4. The molecule has 0 spiro atoms. The lowest BCUT2D eigenvalue weighted by atomic mass is 9.78. The first-order valence-electron chi connectivity index (χ1n) is 11.7. The van der Waals surface area contributed by atoms with E-state index in [4.69, 9.17) is 9.47 Å². The van der Waals surface area contributed by atoms with Crippen molar-refractivity contribution in [2.45, 2.75) is 51.6 Å². The Morgan fingerprint density at radius 3 is 2.06 bits per heavy atom. The van der Waals surface area contributed by atoms with E-state index in [1.54, 1.807) is 0 Å². The highest BCUT2D eigenvalue weighted by atomic mass is 16.7. The zero-order valence-corrected chi connectivity index (χ0v) is 19.5. The van der Waals surface area contributed by atoms with Crippen LogP contribution in [0.3, 0.4) is 0 Å². The molecule has 2 fully saturated rings. The monoisotopic (exact) mass is 438 g/mol. The van der Waals surface area contributed by atoms with Gasteiger partial charge in [-0.05, 0) is 61.5 Å². The third-order valence-electron chi connectivity index (χ3n) is 7.32. The lowest BCUT2D eigenvalue weighted by Gasteiger charge is -2.37. The summed E-state index contributed by atoms with van der Waals surface area (Å²) in [6, 6.07) is 20.4. The van der Waals surface area contributed by atoms with Crippen LogP contribution in [0.4, 0.5) is 0 Å². The molecule has 0 aromatic heterocycles. The summed E-state index contributed by atoms with van der Waals surface area (Å²) < 4.78 is 13.0. The van der Waals surface area contributed by atoms with Crippen molar-refractivity contribution in [2.24, 2.45) is 5.41 Å². The number of hydrogen-bond acceptors (Lipinski definition) is 3. The van der Waals surface area contributed by atoms with E-state index in [0.29, 0.717) is 0 Å². The molecule has 3 atom stereocenters. The van der Waals surface area contributed by atoms with E-state index < -0.39 is 17.3 Å². The number of hydrogen-bond donors (Lipinski definition) is 0. The SMILES string of the molecule is CC1(C)C(=O)[C@@H]2O[C@]1(C)O[C@@H]1C(=C2/C=C/c2ccccc2)CC/C1=C/C=C/c1ccccc1. The van der Waals surface area contributed by atoms with Gasteiger partial charge in [-0.3, -0.25) is 4.79 Å². The normalized spacial score (nSPS) is 29.9. The second-order valence-corrected chi connectivity index (χ2v) is 9.67. The summed E-state index contributed by atoms with van der Waals surface area (Å²) in [7, 11) is 0. The predicted octanol–water partition coefficient (Wildman–Crippen LogP) is 6.54. The first-order chi connectivity index (χ1) is 15.9. The Kier molecular flexibility index (Phi) is 5.55. The molecule has 0 unspecified atom stereocenters. The molecule has 1 saturated carbocycles. The molecule has 33 heavy (non-hydrogen) atoms. The van der Waals surface area contributed by atoms with Crippen molar-refractivity contribution < 1.29 is 14.3 Å². The smallest absolute Gasteiger partial charge is 0.180 e. The highest BCUT2D eigenvalue weighted by molar-refractivity contribution is 5.95. The summed E-state index contributed by atoms with van der Waals surface area (Å²) in [6.07, 6.45) is 11.5. The van der Waals surface area contributed by atoms with E-state index in [1.165, 1.54) is 11.1 Å². The van der Waals surface area contributed by atoms with Gasteiger partial charge in [-0.25, -0.2) is 0 Å². The van der Waals surface area contributed by atoms with Crippen molar-refractivity contribution in [1.29, 1.82) is 0 Å². The molecule has 1 aliphatic carbocycles. The fraction of sp³-hybridized carbons (Fsp3) is 0.300. The van der Waals surface area contributed by atoms with Crippen LogP contribution in [0.15, 0.2) is 95.6 Å². The first-order valence-corrected chi connectivity index (χ1v) is 11.7. The number of fused-ring (bicyclic) bond motifs is 3. The van der Waals surface area contributed by atoms with Gasteiger partial charge in [-0.15, -0.1) is 0 Å². The van der Waals surface area contributed by atoms with Crippen LogP contribution in [-0.2, 0) is 14.3 Å². The molecule has 3 aliphatic rings. The Morgan fingerprint density at radius 2 is 1.39 bits per heavy atom. The number of ether oxygens (including phenoxy) is 2. The molecule has 0 N–H and O–H groups in total. The van der Waals surface area contributed by atoms with Crippen LogP contribution in [0.25, 0.3) is 12.2 Å². The molecule has 168 valence electrons. The van der Waals surface area contributed by atoms with Gasteiger partial charge in [0, 0.05) is 0 Å². The second kappa shape index (κ2) is 8.40. The number of allylic oxidation sites excluding steroid dienone is 2. The van der Waals surface area contributed by atoms with E-state index in [0.717, 1.165) is 29.5 Å². The Morgan fingerprint density at radius 1 is 0.788 bits per heavy atom. The minimum absolute atomic E-state index is 0.0880. The van der Waals surface area contributed by atoms with E-state index in [9.17, 15) is 4.79 Å². The van der Waals surface area contributed by atoms with Gasteiger partial charge < -0.3 is 9.47 Å². The zero-order valence-electron chi connectivity index (χ0n) is 19.5. The molecule has 2 aromatic carbocycles. The Hall–Kier alpha value is -3.01. The minimum Gasteiger partial charge on any atom is -0.337 e. The number of benzene rings is 2. The van der Waals surface area contributed by atoms with Crippen LogP contribution in [0.2, 0.25) is 0 Å². The first kappa shape index (κ1) is 21.8. The topological polar surface area (TPSA) is 35.5 Å². The molecule has 2 aromatic rings. The van der Waals surface area contributed by atoms with E-state index in [1.807, 2.05) is 57.2 Å². The van der Waals surface area contributed by atoms with Crippen LogP contribution in [0, 0.1) is 5.41 Å². The third-order valence-corrected chi connectivity index (χ3v) is 7.32. The van der Waals surface area contributed by atoms with Crippen molar-refractivity contribution in [2.75, 3.05) is 0 Å². The summed E-state index contributed by atoms with van der Waals surface area (Å²) in [5.74, 6) is -0.885. The van der Waals surface area contributed by atoms with Gasteiger partial charge in [0.05, 0.1) is 5.41 Å². The molecule has 2 aliphatic heterocycles. The minimum atomic E-state index is -0.973. The molecule has 1 saturated heterocycles. The van der Waals surface area contributed by atoms with E-state index >= 15 is 0 Å². The highest BCUT2D eigenvalue weighted by Crippen LogP contribution is 2.53. The third kappa shape index (κ3) is 3.86. The molecular formula is C30H30O3. The van der Waals surface area contributed by atoms with Crippen LogP contribution >= 0.6 is 0 Å². The molecule has 2 heterocycles. The highest BCUT2D eigenvalue weighted by Gasteiger charge is 2.62. The molecule has 0 radical (unpaired) electrons. The lowest BCUT2D eigenvalue weighted by Crippen LogP contribution is -2.46. The zero-order chi connectivity index (χ0) is 23.1. The second-order valence-electron chi connectivity index (χ2n) is 9.67. The number of Topliss-reactive ketones (excluding diaryl/α,β-unsaturated/α-hetero) is 1. The van der Waals surface area contributed by atoms with Gasteiger partial charge in [-0.1, -0.05) is 91.0 Å². The summed E-state index contributed by atoms with van der Waals surface area (Å²) >= 11 is 0. The van der Waals surface area contributed by atoms with E-state index in [-0.39, 0.29) is 11.9 Å². The van der Waals surface area contributed by atoms with Crippen molar-refractivity contribution in [3.05, 3.63) is 107 Å². The Bertz CT molecular complexity index is 1170. The van der Waals surface area contributed by atoms with Gasteiger partial charge in [0.25, 0.3) is 0 Å². The molecule has 3 nitrogen and oxygen atoms in total. The number of carbonyl (C=O) groups excluding carboxylic acids is 1. The number of carbonyl (C=O) groups is 1. The largest absolute Gasteiger partial charge is 0.337 e. The van der Waals surface area contributed by atoms with Gasteiger partial charge in [0.2, 0.25) is 0 Å². The molecule has 3 heteroatoms. The average Bonchev–Trinajstić information content (AvgIpc) is 3.22. The number of ketones is 1. The quantitative estimate of drug-likeness (QED) is 0.544. The number of rotatable bonds is 4. The maximum atomic E-state index is 13.4. The Balaban J connectivity index is 1.54. The fourth-order valence-electron chi connectivity index (χ4n) is 4.92. The van der Waals surface area contributed by atoms with Gasteiger partial charge in [-0.2, -0.15) is 0 Å². The fourth-order valence-corrected chi connectivity index (χ4v) is 4.92. The molecular weight excluding hydrogens is 408 g/mol. The molecule has 0 amide bonds. The van der Waals surface area contributed by atoms with Crippen molar-refractivity contribution >= 4 is 17.9 Å². The maximum Gasteiger partial charge on any atom is 0.180 e. The van der Waals surface area contributed by atoms with Gasteiger partial charge in [0.15, 0.2) is 11.6 Å². The van der Waals surface area contributed by atoms with Crippen LogP contribution in [-0.4, -0.2) is 23.8 Å². The summed E-state index contributed by atoms with van der Waals surface area (Å²) in [4.78, 5) is 13.4. The van der Waals surface area contributed by atoms with Crippen LogP contribution in [0.1, 0.15) is 44.7 Å². The summed E-state index contributed by atoms with van der Waals surface area (Å²) in [6.45, 7) is 5.79. The lowest BCUT2D eigenvalue weighted by molar-refractivity contribution is -0.252. The predicted molar refractivity (Wildman–Crippen MR) is 132 cm³/mol. The Labute approximate surface area is 196 Å². The van der Waals surface area contributed by atoms with Crippen LogP contribution < -0.4 is 0 Å². The molecule has 2 bridgehead atoms. The molecule has 5 rings (SSSR count). The average molecular weight is 439 g/mol. The van der Waals surface area contributed by atoms with Crippen molar-refractivity contribution in [1.82, 2.24) is 0 Å². The van der Waals surface area contributed by atoms with Crippen molar-refractivity contribution in [3.8, 4) is 0 Å². The van der Waals surface area contributed by atoms with Gasteiger partial charge >= 0.3 is 0 Å². The summed E-state index contributed by atoms with van der Waals surface area (Å²) in [5, 5.41) is 0. The van der Waals surface area contributed by atoms with Crippen molar-refractivity contribution in [3.63, 3.8) is 0 Å². The van der Waals surface area contributed by atoms with Gasteiger partial charge in [0.1, 0.15) is 12.2 Å². The van der Waals surface area contributed by atoms with E-state index in [2.05, 4.69) is 54.6 Å². The summed E-state index contributed by atoms with van der Waals surface area (Å²) in [5.41, 5.74) is 4.88. The van der Waals surface area contributed by atoms with Crippen LogP contribution in [0.5, 0.6) is 0 Å².